The third-order valence-electron chi connectivity index (χ3n) is 10.7. The number of nitrogen functional groups attached to an aromatic ring is 1. The third-order valence-corrected chi connectivity index (χ3v) is 12.9. The van der Waals surface area contributed by atoms with E-state index in [0.29, 0.717) is 46.2 Å². The highest BCUT2D eigenvalue weighted by Crippen LogP contribution is 2.49. The van der Waals surface area contributed by atoms with Crippen molar-refractivity contribution in [1.82, 2.24) is 14.5 Å². The van der Waals surface area contributed by atoms with Gasteiger partial charge in [-0.15, -0.1) is 23.1 Å². The first kappa shape index (κ1) is 37.4. The monoisotopic (exact) mass is 781 g/mol. The van der Waals surface area contributed by atoms with E-state index in [1.807, 2.05) is 17.7 Å². The van der Waals surface area contributed by atoms with Crippen LogP contribution in [0, 0.1) is 5.92 Å². The van der Waals surface area contributed by atoms with Crippen molar-refractivity contribution in [2.75, 3.05) is 25.4 Å². The number of carboxylic acids is 2. The van der Waals surface area contributed by atoms with E-state index in [9.17, 15) is 44.4 Å². The molecule has 5 heterocycles. The Morgan fingerprint density at radius 1 is 1.09 bits per heavy atom. The summed E-state index contributed by atoms with van der Waals surface area (Å²) in [7, 11) is 0. The number of amides is 1. The lowest BCUT2D eigenvalue weighted by Crippen LogP contribution is -2.63. The van der Waals surface area contributed by atoms with Crippen LogP contribution < -0.4 is 11.2 Å². The molecule has 2 aromatic heterocycles. The van der Waals surface area contributed by atoms with Gasteiger partial charge in [0.2, 0.25) is 11.5 Å². The number of thiazole rings is 1. The lowest BCUT2D eigenvalue weighted by Gasteiger charge is -2.51. The second kappa shape index (κ2) is 13.7. The second-order valence-corrected chi connectivity index (χ2v) is 17.4. The number of aromatic hydroxyl groups is 2. The van der Waals surface area contributed by atoms with Crippen LogP contribution in [0.2, 0.25) is 0 Å². The summed E-state index contributed by atoms with van der Waals surface area (Å²) in [6, 6.07) is 2.88. The first-order chi connectivity index (χ1) is 25.5. The number of likely N-dealkylation sites (tertiary alicyclic amines) is 1. The molecule has 1 aliphatic carbocycles. The van der Waals surface area contributed by atoms with Crippen LogP contribution in [0.15, 0.2) is 44.9 Å². The SMILES string of the molecule is C[C@@H]1S[C@@H]2[C@H](CC(=O)/C(=N\OC(C)(C)C(=O)O)c3csc(N)n3)C(=O)N2C(C(=O)O)=C1C[N+]1(Cc2cn(C3CC3)c3cc(O)c(O)cc3c2=O)CCCC1. The van der Waals surface area contributed by atoms with Gasteiger partial charge in [0, 0.05) is 53.8 Å². The largest absolute Gasteiger partial charge is 0.504 e. The number of rotatable bonds is 13. The van der Waals surface area contributed by atoms with Crippen molar-refractivity contribution in [2.45, 2.75) is 81.7 Å². The molecule has 7 rings (SSSR count). The summed E-state index contributed by atoms with van der Waals surface area (Å²) >= 11 is 2.43. The summed E-state index contributed by atoms with van der Waals surface area (Å²) in [5, 5.41) is 45.3. The van der Waals surface area contributed by atoms with Crippen molar-refractivity contribution >= 4 is 68.5 Å². The Balaban J connectivity index is 1.17. The number of phenols is 2. The number of nitrogens with two attached hydrogens (primary N) is 1. The lowest BCUT2D eigenvalue weighted by molar-refractivity contribution is -0.925. The quantitative estimate of drug-likeness (QED) is 0.0551. The number of pyridine rings is 1. The predicted molar refractivity (Wildman–Crippen MR) is 199 cm³/mol. The molecular formula is C36H41N6O10S2+. The normalized spacial score (nSPS) is 22.6. The minimum absolute atomic E-state index is 0.0651. The number of ketones is 1. The van der Waals surface area contributed by atoms with Gasteiger partial charge in [0.25, 0.3) is 0 Å². The van der Waals surface area contributed by atoms with Crippen LogP contribution in [0.3, 0.4) is 0 Å². The molecule has 0 unspecified atom stereocenters. The standard InChI is InChI=1S/C36H40N6O10S2/c1-17-22(15-42(8-4-5-9-42)14-18-13-40(19-6-7-19)24-12-26(44)25(43)10-20(24)30(18)46)29(33(48)49)41-31(47)21(32(41)54-17)11-27(45)28(23-16-53-35(37)38-23)39-52-36(2,3)34(50)51/h10,12-13,16-17,19,21,32H,4-9,11,14-15H2,1-3H3,(H5-,37,38,39,43,44,45,46,48,49,50,51)/p+1/t17-,21+,32+/m0/s1. The minimum atomic E-state index is -1.77. The van der Waals surface area contributed by atoms with Gasteiger partial charge in [0.1, 0.15) is 24.5 Å². The van der Waals surface area contributed by atoms with Gasteiger partial charge in [0.05, 0.1) is 40.8 Å². The van der Waals surface area contributed by atoms with E-state index < -0.39 is 40.5 Å². The average Bonchev–Trinajstić information content (AvgIpc) is 3.71. The molecule has 6 N–H and O–H groups in total. The van der Waals surface area contributed by atoms with E-state index in [1.165, 1.54) is 48.0 Å². The number of Topliss-reactive ketones (excluding diaryl/α,β-unsaturated/α-hetero) is 1. The maximum Gasteiger partial charge on any atom is 0.352 e. The van der Waals surface area contributed by atoms with Crippen molar-refractivity contribution in [3.05, 3.63) is 56.5 Å². The van der Waals surface area contributed by atoms with Gasteiger partial charge in [-0.3, -0.25) is 19.3 Å². The molecular weight excluding hydrogens is 741 g/mol. The summed E-state index contributed by atoms with van der Waals surface area (Å²) in [5.41, 5.74) is 5.05. The molecule has 18 heteroatoms. The molecule has 4 aliphatic rings. The fraction of sp³-hybridized carbons (Fsp3) is 0.472. The summed E-state index contributed by atoms with van der Waals surface area (Å²) in [5.74, 6) is -5.33. The molecule has 16 nitrogen and oxygen atoms in total. The summed E-state index contributed by atoms with van der Waals surface area (Å²) in [4.78, 5) is 76.6. The number of oxime groups is 1. The Hall–Kier alpha value is -4.94. The lowest BCUT2D eigenvalue weighted by atomic mass is 9.88. The number of nitrogens with zero attached hydrogens (tertiary/aromatic N) is 5. The van der Waals surface area contributed by atoms with Crippen molar-refractivity contribution in [2.24, 2.45) is 11.1 Å². The fourth-order valence-electron chi connectivity index (χ4n) is 7.62. The highest BCUT2D eigenvalue weighted by molar-refractivity contribution is 8.00. The molecule has 3 atom stereocenters. The first-order valence-electron chi connectivity index (χ1n) is 17.6. The Bertz CT molecular complexity index is 2220. The van der Waals surface area contributed by atoms with Crippen LogP contribution in [0.4, 0.5) is 5.13 Å². The smallest absolute Gasteiger partial charge is 0.352 e. The van der Waals surface area contributed by atoms with E-state index in [2.05, 4.69) is 10.1 Å². The molecule has 3 aliphatic heterocycles. The summed E-state index contributed by atoms with van der Waals surface area (Å²) in [6.07, 6.45) is 5.07. The van der Waals surface area contributed by atoms with Crippen LogP contribution in [-0.4, -0.2) is 105 Å². The van der Waals surface area contributed by atoms with Crippen LogP contribution in [0.25, 0.3) is 10.9 Å². The molecule has 1 aromatic carbocycles. The molecule has 2 saturated heterocycles. The number of carboxylic acid groups (broad SMARTS) is 2. The summed E-state index contributed by atoms with van der Waals surface area (Å²) < 4.78 is 2.40. The van der Waals surface area contributed by atoms with Crippen molar-refractivity contribution < 1.29 is 48.9 Å². The van der Waals surface area contributed by atoms with Gasteiger partial charge in [-0.05, 0) is 39.7 Å². The predicted octanol–water partition coefficient (Wildman–Crippen LogP) is 3.40. The van der Waals surface area contributed by atoms with Gasteiger partial charge in [-0.2, -0.15) is 0 Å². The maximum absolute atomic E-state index is 13.9. The molecule has 1 amide bonds. The molecule has 3 fully saturated rings. The van der Waals surface area contributed by atoms with Gasteiger partial charge in [-0.25, -0.2) is 14.6 Å². The van der Waals surface area contributed by atoms with E-state index in [4.69, 9.17) is 10.6 Å². The number of hydrogen-bond acceptors (Lipinski definition) is 13. The van der Waals surface area contributed by atoms with Gasteiger partial charge >= 0.3 is 11.9 Å². The van der Waals surface area contributed by atoms with E-state index >= 15 is 0 Å². The molecule has 0 bridgehead atoms. The number of quaternary nitrogens is 1. The van der Waals surface area contributed by atoms with Crippen LogP contribution in [0.1, 0.15) is 70.2 Å². The molecule has 3 aromatic rings. The van der Waals surface area contributed by atoms with Gasteiger partial charge in [0.15, 0.2) is 33.6 Å². The minimum Gasteiger partial charge on any atom is -0.504 e. The number of aliphatic carboxylic acids is 2. The highest BCUT2D eigenvalue weighted by Gasteiger charge is 2.56. The van der Waals surface area contributed by atoms with Gasteiger partial charge in [-0.1, -0.05) is 5.16 Å². The van der Waals surface area contributed by atoms with E-state index in [-0.39, 0.29) is 63.4 Å². The maximum atomic E-state index is 13.9. The van der Waals surface area contributed by atoms with Crippen molar-refractivity contribution in [3.63, 3.8) is 0 Å². The number of fused-ring (bicyclic) bond motifs is 2. The number of benzene rings is 1. The van der Waals surface area contributed by atoms with E-state index in [1.54, 1.807) is 0 Å². The number of carbonyl (C=O) groups is 4. The molecule has 286 valence electrons. The van der Waals surface area contributed by atoms with Crippen LogP contribution >= 0.6 is 23.1 Å². The molecule has 0 radical (unpaired) electrons. The Morgan fingerprint density at radius 2 is 1.78 bits per heavy atom. The zero-order valence-corrected chi connectivity index (χ0v) is 31.5. The van der Waals surface area contributed by atoms with Crippen LogP contribution in [-0.2, 0) is 30.6 Å². The second-order valence-electron chi connectivity index (χ2n) is 15.0. The Labute approximate surface area is 317 Å². The number of thioether (sulfide) groups is 1. The number of anilines is 1. The molecule has 54 heavy (non-hydrogen) atoms. The summed E-state index contributed by atoms with van der Waals surface area (Å²) in [6.45, 7) is 6.39. The highest BCUT2D eigenvalue weighted by atomic mass is 32.2. The van der Waals surface area contributed by atoms with Crippen molar-refractivity contribution in [1.29, 1.82) is 0 Å². The Morgan fingerprint density at radius 3 is 2.39 bits per heavy atom. The third kappa shape index (κ3) is 6.70. The number of phenolic OH excluding ortho intramolecular Hbond substituents is 2. The number of carbonyl (C=O) groups excluding carboxylic acids is 2. The zero-order chi connectivity index (χ0) is 38.9. The molecule has 0 spiro atoms. The molecule has 1 saturated carbocycles. The van der Waals surface area contributed by atoms with Crippen LogP contribution in [0.5, 0.6) is 11.5 Å². The zero-order valence-electron chi connectivity index (χ0n) is 29.9. The number of β-lactam (4-membered cyclic amide) rings is 1. The van der Waals surface area contributed by atoms with Crippen molar-refractivity contribution in [3.8, 4) is 11.5 Å². The fourth-order valence-corrected chi connectivity index (χ4v) is 9.67. The average molecular weight is 782 g/mol. The Kier molecular flexibility index (Phi) is 9.50. The number of hydrogen-bond donors (Lipinski definition) is 5. The van der Waals surface area contributed by atoms with E-state index in [0.717, 1.165) is 37.0 Å². The number of aromatic nitrogens is 2. The topological polar surface area (TPSA) is 235 Å². The van der Waals surface area contributed by atoms with Gasteiger partial charge < -0.3 is 40.0 Å². The first-order valence-corrected chi connectivity index (χ1v) is 19.5.